The van der Waals surface area contributed by atoms with Crippen LogP contribution >= 0.6 is 0 Å². The molecule has 3 aromatic rings. The SMILES string of the molecule is Cc1nc(Nc2ccc3c(c2)OCC(=O)N3CC(C)(C)O)cc2c1ncn2CC1CC1. The predicted molar refractivity (Wildman–Crippen MR) is 119 cm³/mol. The minimum atomic E-state index is -0.999. The molecule has 5 rings (SSSR count). The lowest BCUT2D eigenvalue weighted by molar-refractivity contribution is -0.122. The average Bonchev–Trinajstić information content (AvgIpc) is 3.42. The molecule has 3 heterocycles. The van der Waals surface area contributed by atoms with Crippen molar-refractivity contribution in [3.8, 4) is 5.75 Å². The van der Waals surface area contributed by atoms with Crippen molar-refractivity contribution in [1.29, 1.82) is 0 Å². The number of hydrogen-bond donors (Lipinski definition) is 2. The number of imidazole rings is 1. The summed E-state index contributed by atoms with van der Waals surface area (Å²) in [5.74, 6) is 1.93. The Morgan fingerprint density at radius 1 is 1.29 bits per heavy atom. The van der Waals surface area contributed by atoms with Crippen LogP contribution in [0.4, 0.5) is 17.2 Å². The van der Waals surface area contributed by atoms with E-state index in [0.717, 1.165) is 40.7 Å². The molecule has 0 saturated heterocycles. The van der Waals surface area contributed by atoms with Gasteiger partial charge in [0.25, 0.3) is 5.91 Å². The van der Waals surface area contributed by atoms with E-state index in [1.165, 1.54) is 12.8 Å². The maximum atomic E-state index is 12.3. The zero-order valence-corrected chi connectivity index (χ0v) is 18.1. The molecule has 8 heteroatoms. The summed E-state index contributed by atoms with van der Waals surface area (Å²) in [7, 11) is 0. The van der Waals surface area contributed by atoms with Crippen LogP contribution in [0.15, 0.2) is 30.6 Å². The summed E-state index contributed by atoms with van der Waals surface area (Å²) in [6.07, 6.45) is 4.48. The minimum Gasteiger partial charge on any atom is -0.481 e. The second-order valence-corrected chi connectivity index (χ2v) is 9.19. The molecule has 0 unspecified atom stereocenters. The molecular weight excluding hydrogens is 394 g/mol. The van der Waals surface area contributed by atoms with Crippen LogP contribution in [0.1, 0.15) is 32.4 Å². The summed E-state index contributed by atoms with van der Waals surface area (Å²) >= 11 is 0. The number of aliphatic hydroxyl groups is 1. The number of aromatic nitrogens is 3. The van der Waals surface area contributed by atoms with Crippen LogP contribution < -0.4 is 15.0 Å². The van der Waals surface area contributed by atoms with Crippen molar-refractivity contribution >= 4 is 34.1 Å². The van der Waals surface area contributed by atoms with Gasteiger partial charge >= 0.3 is 0 Å². The quantitative estimate of drug-likeness (QED) is 0.634. The van der Waals surface area contributed by atoms with Gasteiger partial charge in [-0.2, -0.15) is 0 Å². The smallest absolute Gasteiger partial charge is 0.265 e. The number of β-amino-alcohol motifs (C(OH)–C–C–N with tert-alkyl or cyclic N) is 1. The second-order valence-electron chi connectivity index (χ2n) is 9.19. The fourth-order valence-corrected chi connectivity index (χ4v) is 4.00. The summed E-state index contributed by atoms with van der Waals surface area (Å²) in [5.41, 5.74) is 3.37. The number of amides is 1. The van der Waals surface area contributed by atoms with Crippen LogP contribution in [0.5, 0.6) is 5.75 Å². The number of anilines is 3. The van der Waals surface area contributed by atoms with E-state index < -0.39 is 5.60 Å². The molecule has 2 aromatic heterocycles. The molecule has 0 spiro atoms. The van der Waals surface area contributed by atoms with E-state index in [9.17, 15) is 9.90 Å². The second kappa shape index (κ2) is 7.23. The van der Waals surface area contributed by atoms with Crippen molar-refractivity contribution in [3.63, 3.8) is 0 Å². The third-order valence-electron chi connectivity index (χ3n) is 5.65. The number of ether oxygens (including phenoxy) is 1. The molecule has 0 bridgehead atoms. The molecule has 0 atom stereocenters. The molecular formula is C23H27N5O3. The molecule has 2 N–H and O–H groups in total. The maximum absolute atomic E-state index is 12.3. The molecule has 31 heavy (non-hydrogen) atoms. The number of rotatable bonds is 6. The predicted octanol–water partition coefficient (Wildman–Crippen LogP) is 3.39. The number of fused-ring (bicyclic) bond motifs is 2. The lowest BCUT2D eigenvalue weighted by Crippen LogP contribution is -2.46. The first-order chi connectivity index (χ1) is 14.8. The van der Waals surface area contributed by atoms with Crippen LogP contribution in [0.3, 0.4) is 0 Å². The van der Waals surface area contributed by atoms with Crippen molar-refractivity contribution in [2.45, 2.75) is 45.8 Å². The molecule has 1 aliphatic heterocycles. The van der Waals surface area contributed by atoms with Crippen LogP contribution in [0.2, 0.25) is 0 Å². The highest BCUT2D eigenvalue weighted by Gasteiger charge is 2.30. The Morgan fingerprint density at radius 2 is 2.10 bits per heavy atom. The van der Waals surface area contributed by atoms with E-state index in [2.05, 4.69) is 19.9 Å². The number of nitrogens with zero attached hydrogens (tertiary/aromatic N) is 4. The number of aryl methyl sites for hydroxylation is 1. The molecule has 1 aromatic carbocycles. The Balaban J connectivity index is 1.43. The molecule has 1 amide bonds. The van der Waals surface area contributed by atoms with Gasteiger partial charge in [-0.25, -0.2) is 9.97 Å². The molecule has 2 aliphatic rings. The molecule has 1 fully saturated rings. The zero-order chi connectivity index (χ0) is 21.8. The van der Waals surface area contributed by atoms with Gasteiger partial charge in [-0.15, -0.1) is 0 Å². The van der Waals surface area contributed by atoms with Gasteiger partial charge in [-0.1, -0.05) is 0 Å². The number of hydrogen-bond acceptors (Lipinski definition) is 6. The molecule has 1 aliphatic carbocycles. The van der Waals surface area contributed by atoms with E-state index in [0.29, 0.717) is 11.4 Å². The largest absolute Gasteiger partial charge is 0.481 e. The summed E-state index contributed by atoms with van der Waals surface area (Å²) in [4.78, 5) is 23.1. The van der Waals surface area contributed by atoms with Gasteiger partial charge in [0.2, 0.25) is 0 Å². The monoisotopic (exact) mass is 421 g/mol. The molecule has 8 nitrogen and oxygen atoms in total. The highest BCUT2D eigenvalue weighted by atomic mass is 16.5. The van der Waals surface area contributed by atoms with Gasteiger partial charge in [0.1, 0.15) is 17.1 Å². The third kappa shape index (κ3) is 4.07. The van der Waals surface area contributed by atoms with Gasteiger partial charge in [-0.3, -0.25) is 4.79 Å². The minimum absolute atomic E-state index is 0.0454. The lowest BCUT2D eigenvalue weighted by Gasteiger charge is -2.33. The number of pyridine rings is 1. The van der Waals surface area contributed by atoms with Gasteiger partial charge in [0.15, 0.2) is 6.61 Å². The standard InChI is InChI=1S/C23H27N5O3/c1-14-22-18(27(13-24-22)10-15-4-5-15)9-20(25-14)26-16-6-7-17-19(8-16)31-11-21(29)28(17)12-23(2,3)30/h6-9,13,15,30H,4-5,10-12H2,1-3H3,(H,25,26). The van der Waals surface area contributed by atoms with Gasteiger partial charge in [-0.05, 0) is 51.7 Å². The fraction of sp³-hybridized carbons (Fsp3) is 0.435. The topological polar surface area (TPSA) is 92.5 Å². The Bertz CT molecular complexity index is 1160. The first kappa shape index (κ1) is 19.8. The Kier molecular flexibility index (Phi) is 4.62. The molecule has 0 radical (unpaired) electrons. The van der Waals surface area contributed by atoms with Crippen molar-refractivity contribution in [3.05, 3.63) is 36.3 Å². The third-order valence-corrected chi connectivity index (χ3v) is 5.65. The van der Waals surface area contributed by atoms with E-state index in [-0.39, 0.29) is 19.1 Å². The zero-order valence-electron chi connectivity index (χ0n) is 18.1. The summed E-state index contributed by atoms with van der Waals surface area (Å²) in [6.45, 7) is 6.50. The lowest BCUT2D eigenvalue weighted by atomic mass is 10.1. The van der Waals surface area contributed by atoms with Crippen LogP contribution in [-0.2, 0) is 11.3 Å². The Labute approximate surface area is 180 Å². The first-order valence-corrected chi connectivity index (χ1v) is 10.7. The van der Waals surface area contributed by atoms with Crippen molar-refractivity contribution in [2.75, 3.05) is 23.4 Å². The van der Waals surface area contributed by atoms with E-state index >= 15 is 0 Å². The van der Waals surface area contributed by atoms with Crippen LogP contribution in [0, 0.1) is 12.8 Å². The highest BCUT2D eigenvalue weighted by Crippen LogP contribution is 2.36. The van der Waals surface area contributed by atoms with Gasteiger partial charge in [0.05, 0.1) is 35.4 Å². The van der Waals surface area contributed by atoms with Crippen molar-refractivity contribution in [2.24, 2.45) is 5.92 Å². The first-order valence-electron chi connectivity index (χ1n) is 10.7. The van der Waals surface area contributed by atoms with Crippen molar-refractivity contribution < 1.29 is 14.6 Å². The molecule has 162 valence electrons. The van der Waals surface area contributed by atoms with Gasteiger partial charge in [0, 0.05) is 24.4 Å². The summed E-state index contributed by atoms with van der Waals surface area (Å²) < 4.78 is 7.87. The fourth-order valence-electron chi connectivity index (χ4n) is 4.00. The number of nitrogens with one attached hydrogen (secondary N) is 1. The average molecular weight is 422 g/mol. The van der Waals surface area contributed by atoms with E-state index in [4.69, 9.17) is 4.74 Å². The van der Waals surface area contributed by atoms with E-state index in [1.54, 1.807) is 18.7 Å². The van der Waals surface area contributed by atoms with Crippen LogP contribution in [0.25, 0.3) is 11.0 Å². The van der Waals surface area contributed by atoms with E-state index in [1.807, 2.05) is 37.5 Å². The number of carbonyl (C=O) groups excluding carboxylic acids is 1. The maximum Gasteiger partial charge on any atom is 0.265 e. The highest BCUT2D eigenvalue weighted by molar-refractivity contribution is 5.98. The number of benzene rings is 1. The number of carbonyl (C=O) groups is 1. The van der Waals surface area contributed by atoms with Crippen LogP contribution in [-0.4, -0.2) is 44.3 Å². The molecule has 1 saturated carbocycles. The Morgan fingerprint density at radius 3 is 2.84 bits per heavy atom. The normalized spacial score (nSPS) is 16.4. The van der Waals surface area contributed by atoms with Gasteiger partial charge < -0.3 is 24.6 Å². The summed E-state index contributed by atoms with van der Waals surface area (Å²) in [5, 5.41) is 13.5. The summed E-state index contributed by atoms with van der Waals surface area (Å²) in [6, 6.07) is 7.62. The van der Waals surface area contributed by atoms with Crippen molar-refractivity contribution in [1.82, 2.24) is 14.5 Å². The Hall–Kier alpha value is -3.13.